The first-order chi connectivity index (χ1) is 9.56. The summed E-state index contributed by atoms with van der Waals surface area (Å²) in [5, 5.41) is 2.72. The second-order valence-electron chi connectivity index (χ2n) is 4.86. The molecule has 20 heavy (non-hydrogen) atoms. The Hall–Kier alpha value is -1.40. The standard InChI is InChI=1S/C14H17BrN2O3/c15-11-3-1-2-9(6-11)7-12(13(16)18)17-14(19)10-4-5-20-8-10/h1-3,6,10,12H,4-5,7-8H2,(H2,16,18)(H,17,19)/t10-,12+/m1/s1. The smallest absolute Gasteiger partial charge is 0.240 e. The fraction of sp³-hybridized carbons (Fsp3) is 0.429. The SMILES string of the molecule is NC(=O)[C@H](Cc1cccc(Br)c1)NC(=O)[C@@H]1CCOC1. The maximum absolute atomic E-state index is 12.0. The van der Waals surface area contributed by atoms with Crippen molar-refractivity contribution in [1.29, 1.82) is 0 Å². The Labute approximate surface area is 126 Å². The van der Waals surface area contributed by atoms with Crippen LogP contribution in [0.15, 0.2) is 28.7 Å². The number of hydrogen-bond donors (Lipinski definition) is 2. The van der Waals surface area contributed by atoms with E-state index in [4.69, 9.17) is 10.5 Å². The van der Waals surface area contributed by atoms with Gasteiger partial charge in [0.2, 0.25) is 11.8 Å². The fourth-order valence-electron chi connectivity index (χ4n) is 2.15. The molecule has 2 rings (SSSR count). The van der Waals surface area contributed by atoms with Crippen LogP contribution in [-0.4, -0.2) is 31.1 Å². The van der Waals surface area contributed by atoms with E-state index in [2.05, 4.69) is 21.2 Å². The number of hydrogen-bond acceptors (Lipinski definition) is 3. The van der Waals surface area contributed by atoms with Crippen LogP contribution in [0.1, 0.15) is 12.0 Å². The van der Waals surface area contributed by atoms with Crippen molar-refractivity contribution in [2.45, 2.75) is 18.9 Å². The molecule has 1 heterocycles. The van der Waals surface area contributed by atoms with Gasteiger partial charge in [-0.1, -0.05) is 28.1 Å². The fourth-order valence-corrected chi connectivity index (χ4v) is 2.60. The molecule has 0 aromatic heterocycles. The van der Waals surface area contributed by atoms with Gasteiger partial charge in [-0.25, -0.2) is 0 Å². The van der Waals surface area contributed by atoms with Crippen molar-refractivity contribution in [3.8, 4) is 0 Å². The van der Waals surface area contributed by atoms with Crippen molar-refractivity contribution < 1.29 is 14.3 Å². The first-order valence-electron chi connectivity index (χ1n) is 6.48. The molecule has 0 radical (unpaired) electrons. The highest BCUT2D eigenvalue weighted by atomic mass is 79.9. The largest absolute Gasteiger partial charge is 0.381 e. The van der Waals surface area contributed by atoms with Gasteiger partial charge in [-0.3, -0.25) is 9.59 Å². The molecule has 108 valence electrons. The Bertz CT molecular complexity index is 501. The van der Waals surface area contributed by atoms with Crippen LogP contribution in [0.4, 0.5) is 0 Å². The molecule has 1 saturated heterocycles. The monoisotopic (exact) mass is 340 g/mol. The van der Waals surface area contributed by atoms with Gasteiger partial charge in [0.25, 0.3) is 0 Å². The van der Waals surface area contributed by atoms with Crippen LogP contribution in [0.25, 0.3) is 0 Å². The molecule has 1 aliphatic heterocycles. The Balaban J connectivity index is 2.00. The highest BCUT2D eigenvalue weighted by molar-refractivity contribution is 9.10. The number of rotatable bonds is 5. The predicted octanol–water partition coefficient (Wildman–Crippen LogP) is 0.998. The third-order valence-electron chi connectivity index (χ3n) is 3.29. The summed E-state index contributed by atoms with van der Waals surface area (Å²) in [6.07, 6.45) is 1.07. The molecule has 2 atom stereocenters. The van der Waals surface area contributed by atoms with Gasteiger partial charge in [-0.05, 0) is 24.1 Å². The number of halogens is 1. The number of carbonyl (C=O) groups is 2. The van der Waals surface area contributed by atoms with Gasteiger partial charge in [0.1, 0.15) is 6.04 Å². The van der Waals surface area contributed by atoms with Crippen LogP contribution >= 0.6 is 15.9 Å². The highest BCUT2D eigenvalue weighted by Gasteiger charge is 2.27. The van der Waals surface area contributed by atoms with Crippen LogP contribution in [-0.2, 0) is 20.7 Å². The minimum Gasteiger partial charge on any atom is -0.381 e. The first kappa shape index (κ1) is 15.0. The van der Waals surface area contributed by atoms with Crippen LogP contribution in [0, 0.1) is 5.92 Å². The summed E-state index contributed by atoms with van der Waals surface area (Å²) < 4.78 is 6.10. The number of ether oxygens (including phenoxy) is 1. The minimum absolute atomic E-state index is 0.165. The summed E-state index contributed by atoms with van der Waals surface area (Å²) in [5.74, 6) is -0.877. The maximum atomic E-state index is 12.0. The molecule has 0 unspecified atom stereocenters. The topological polar surface area (TPSA) is 81.4 Å². The Morgan fingerprint density at radius 2 is 2.30 bits per heavy atom. The van der Waals surface area contributed by atoms with Crippen molar-refractivity contribution in [3.05, 3.63) is 34.3 Å². The van der Waals surface area contributed by atoms with E-state index in [1.165, 1.54) is 0 Å². The van der Waals surface area contributed by atoms with Crippen molar-refractivity contribution in [1.82, 2.24) is 5.32 Å². The van der Waals surface area contributed by atoms with E-state index >= 15 is 0 Å². The normalized spacial score (nSPS) is 19.6. The lowest BCUT2D eigenvalue weighted by Gasteiger charge is -2.17. The van der Waals surface area contributed by atoms with Crippen molar-refractivity contribution in [2.24, 2.45) is 11.7 Å². The van der Waals surface area contributed by atoms with Gasteiger partial charge in [-0.15, -0.1) is 0 Å². The summed E-state index contributed by atoms with van der Waals surface area (Å²) in [4.78, 5) is 23.5. The Morgan fingerprint density at radius 3 is 2.90 bits per heavy atom. The van der Waals surface area contributed by atoms with Crippen LogP contribution in [0.5, 0.6) is 0 Å². The summed E-state index contributed by atoms with van der Waals surface area (Å²) in [5.41, 5.74) is 6.31. The van der Waals surface area contributed by atoms with Gasteiger partial charge in [0.05, 0.1) is 12.5 Å². The van der Waals surface area contributed by atoms with E-state index in [1.54, 1.807) is 0 Å². The second-order valence-corrected chi connectivity index (χ2v) is 5.77. The molecule has 0 aliphatic carbocycles. The number of benzene rings is 1. The lowest BCUT2D eigenvalue weighted by molar-refractivity contribution is -0.129. The molecule has 1 fully saturated rings. The number of carbonyl (C=O) groups excluding carboxylic acids is 2. The van der Waals surface area contributed by atoms with E-state index in [1.807, 2.05) is 24.3 Å². The van der Waals surface area contributed by atoms with Gasteiger partial charge in [0, 0.05) is 17.5 Å². The average Bonchev–Trinajstić information content (AvgIpc) is 2.91. The summed E-state index contributed by atoms with van der Waals surface area (Å²) in [6.45, 7) is 0.999. The molecule has 1 aromatic carbocycles. The van der Waals surface area contributed by atoms with E-state index < -0.39 is 11.9 Å². The summed E-state index contributed by atoms with van der Waals surface area (Å²) in [6, 6.07) is 6.88. The van der Waals surface area contributed by atoms with E-state index in [0.717, 1.165) is 10.0 Å². The van der Waals surface area contributed by atoms with Gasteiger partial charge >= 0.3 is 0 Å². The molecule has 2 amide bonds. The molecule has 0 bridgehead atoms. The number of amides is 2. The Kier molecular flexibility index (Phi) is 5.14. The lowest BCUT2D eigenvalue weighted by Crippen LogP contribution is -2.48. The molecule has 6 heteroatoms. The van der Waals surface area contributed by atoms with Gasteiger partial charge < -0.3 is 15.8 Å². The average molecular weight is 341 g/mol. The summed E-state index contributed by atoms with van der Waals surface area (Å²) >= 11 is 3.37. The third kappa shape index (κ3) is 4.05. The third-order valence-corrected chi connectivity index (χ3v) is 3.78. The quantitative estimate of drug-likeness (QED) is 0.838. The number of nitrogens with two attached hydrogens (primary N) is 1. The zero-order valence-corrected chi connectivity index (χ0v) is 12.6. The molecule has 5 nitrogen and oxygen atoms in total. The van der Waals surface area contributed by atoms with Crippen molar-refractivity contribution in [3.63, 3.8) is 0 Å². The van der Waals surface area contributed by atoms with Crippen LogP contribution in [0.2, 0.25) is 0 Å². The predicted molar refractivity (Wildman–Crippen MR) is 77.9 cm³/mol. The van der Waals surface area contributed by atoms with E-state index in [0.29, 0.717) is 26.1 Å². The molecular weight excluding hydrogens is 324 g/mol. The maximum Gasteiger partial charge on any atom is 0.240 e. The molecule has 0 saturated carbocycles. The van der Waals surface area contributed by atoms with E-state index in [9.17, 15) is 9.59 Å². The van der Waals surface area contributed by atoms with Gasteiger partial charge in [0.15, 0.2) is 0 Å². The first-order valence-corrected chi connectivity index (χ1v) is 7.27. The molecular formula is C14H17BrN2O3. The van der Waals surface area contributed by atoms with Crippen LogP contribution < -0.4 is 11.1 Å². The van der Waals surface area contributed by atoms with Crippen molar-refractivity contribution >= 4 is 27.7 Å². The van der Waals surface area contributed by atoms with Crippen LogP contribution in [0.3, 0.4) is 0 Å². The summed E-state index contributed by atoms with van der Waals surface area (Å²) in [7, 11) is 0. The zero-order chi connectivity index (χ0) is 14.5. The van der Waals surface area contributed by atoms with Gasteiger partial charge in [-0.2, -0.15) is 0 Å². The zero-order valence-electron chi connectivity index (χ0n) is 11.0. The molecule has 0 spiro atoms. The Morgan fingerprint density at radius 1 is 1.50 bits per heavy atom. The number of primary amides is 1. The van der Waals surface area contributed by atoms with E-state index in [-0.39, 0.29) is 11.8 Å². The number of nitrogens with one attached hydrogen (secondary N) is 1. The van der Waals surface area contributed by atoms with Crippen molar-refractivity contribution in [2.75, 3.05) is 13.2 Å². The second kappa shape index (κ2) is 6.85. The molecule has 1 aliphatic rings. The molecule has 3 N–H and O–H groups in total. The highest BCUT2D eigenvalue weighted by Crippen LogP contribution is 2.15. The minimum atomic E-state index is -0.697. The lowest BCUT2D eigenvalue weighted by atomic mass is 10.0. The molecule has 1 aromatic rings.